The van der Waals surface area contributed by atoms with E-state index in [2.05, 4.69) is 11.4 Å². The van der Waals surface area contributed by atoms with Crippen LogP contribution in [0.1, 0.15) is 164 Å². The summed E-state index contributed by atoms with van der Waals surface area (Å²) in [6, 6.07) is 47.3. The molecule has 4 N–H and O–H groups in total. The third-order valence-electron chi connectivity index (χ3n) is 15.1. The third kappa shape index (κ3) is 29.1. The van der Waals surface area contributed by atoms with E-state index < -0.39 is 56.0 Å². The first kappa shape index (κ1) is 85.9. The van der Waals surface area contributed by atoms with E-state index in [4.69, 9.17) is 106 Å². The van der Waals surface area contributed by atoms with Crippen LogP contribution in [0, 0.1) is 19.3 Å². The molecule has 1 aliphatic rings. The highest BCUT2D eigenvalue weighted by Gasteiger charge is 2.52. The van der Waals surface area contributed by atoms with Crippen molar-refractivity contribution >= 4 is 99.5 Å². The Morgan fingerprint density at radius 2 is 0.922 bits per heavy atom. The van der Waals surface area contributed by atoms with Crippen LogP contribution in [0.15, 0.2) is 164 Å². The van der Waals surface area contributed by atoms with E-state index in [0.29, 0.717) is 87.4 Å². The van der Waals surface area contributed by atoms with Crippen LogP contribution < -0.4 is 29.0 Å². The van der Waals surface area contributed by atoms with Crippen LogP contribution >= 0.6 is 58.0 Å². The number of carboxylic acids is 3. The second-order valence-corrected chi connectivity index (χ2v) is 29.6. The van der Waals surface area contributed by atoms with Gasteiger partial charge in [-0.05, 0) is 279 Å². The van der Waals surface area contributed by atoms with E-state index in [-0.39, 0.29) is 29.7 Å². The largest absolute Gasteiger partial charge is 0.493 e. The molecule has 550 valence electrons. The van der Waals surface area contributed by atoms with Gasteiger partial charge in [0, 0.05) is 44.2 Å². The molecule has 0 heterocycles. The Labute approximate surface area is 623 Å². The second-order valence-electron chi connectivity index (χ2n) is 26.7. The van der Waals surface area contributed by atoms with Gasteiger partial charge in [0.1, 0.15) is 33.1 Å². The molecule has 0 spiro atoms. The number of alkyl halides is 2. The number of nitrogens with one attached hydrogen (secondary N) is 1. The van der Waals surface area contributed by atoms with Gasteiger partial charge in [0.25, 0.3) is 5.91 Å². The molecule has 8 rings (SSSR count). The third-order valence-corrected chi connectivity index (χ3v) is 16.7. The van der Waals surface area contributed by atoms with E-state index >= 15 is 0 Å². The minimum Gasteiger partial charge on any atom is -0.493 e. The van der Waals surface area contributed by atoms with Gasteiger partial charge in [0.15, 0.2) is 28.2 Å². The second kappa shape index (κ2) is 38.7. The summed E-state index contributed by atoms with van der Waals surface area (Å²) in [5, 5.41) is 31.7. The Bertz CT molecular complexity index is 3890. The highest BCUT2D eigenvalue weighted by molar-refractivity contribution is 6.51. The lowest BCUT2D eigenvalue weighted by molar-refractivity contribution is -0.163. The van der Waals surface area contributed by atoms with Crippen LogP contribution in [0.25, 0.3) is 0 Å². The number of esters is 2. The zero-order valence-electron chi connectivity index (χ0n) is 60.1. The maximum atomic E-state index is 12.4. The first-order valence-corrected chi connectivity index (χ1v) is 34.7. The number of ether oxygens (including phenoxy) is 7. The smallest absolute Gasteiger partial charge is 0.350 e. The quantitative estimate of drug-likeness (QED) is 0.0161. The molecule has 1 fully saturated rings. The van der Waals surface area contributed by atoms with Gasteiger partial charge >= 0.3 is 29.8 Å². The van der Waals surface area contributed by atoms with Gasteiger partial charge in [0.05, 0.1) is 24.7 Å². The minimum absolute atomic E-state index is 0.110. The van der Waals surface area contributed by atoms with Crippen molar-refractivity contribution in [1.82, 2.24) is 5.32 Å². The van der Waals surface area contributed by atoms with E-state index in [1.165, 1.54) is 33.3 Å². The van der Waals surface area contributed by atoms with E-state index in [1.807, 2.05) is 50.2 Å². The Kier molecular flexibility index (Phi) is 32.6. The summed E-state index contributed by atoms with van der Waals surface area (Å²) in [7, 11) is 0. The lowest BCUT2D eigenvalue weighted by atomic mass is 9.88. The van der Waals surface area contributed by atoms with Crippen molar-refractivity contribution in [1.29, 1.82) is 0 Å². The maximum Gasteiger partial charge on any atom is 0.350 e. The molecule has 0 aromatic heterocycles. The number of rotatable bonds is 27. The molecule has 1 amide bonds. The Morgan fingerprint density at radius 3 is 1.34 bits per heavy atom. The summed E-state index contributed by atoms with van der Waals surface area (Å²) in [5.74, 6) is -0.755. The molecule has 0 aliphatic heterocycles. The lowest BCUT2D eigenvalue weighted by Gasteiger charge is -2.25. The molecular formula is C79H92Cl5NO17. The molecule has 1 saturated carbocycles. The fourth-order valence-electron chi connectivity index (χ4n) is 8.71. The highest BCUT2D eigenvalue weighted by atomic mass is 35.5. The molecule has 1 aliphatic carbocycles. The first-order valence-electron chi connectivity index (χ1n) is 32.8. The first-order chi connectivity index (χ1) is 47.5. The number of hydrogen-bond donors (Lipinski definition) is 4. The highest BCUT2D eigenvalue weighted by Crippen LogP contribution is 2.59. The van der Waals surface area contributed by atoms with Gasteiger partial charge in [-0.1, -0.05) is 71.2 Å². The van der Waals surface area contributed by atoms with Crippen molar-refractivity contribution in [3.05, 3.63) is 218 Å². The predicted octanol–water partition coefficient (Wildman–Crippen LogP) is 18.5. The normalized spacial score (nSPS) is 13.0. The molecule has 23 heteroatoms. The fraction of sp³-hybridized carbons (Fsp3) is 0.380. The van der Waals surface area contributed by atoms with E-state index in [1.54, 1.807) is 184 Å². The van der Waals surface area contributed by atoms with Crippen molar-refractivity contribution in [2.75, 3.05) is 19.8 Å². The van der Waals surface area contributed by atoms with Crippen molar-refractivity contribution in [2.45, 2.75) is 168 Å². The Hall–Kier alpha value is -8.52. The van der Waals surface area contributed by atoms with Gasteiger partial charge < -0.3 is 53.8 Å². The van der Waals surface area contributed by atoms with Crippen LogP contribution in [0.3, 0.4) is 0 Å². The number of ketones is 1. The molecular weight excluding hydrogens is 1410 g/mol. The van der Waals surface area contributed by atoms with Crippen LogP contribution in [0.4, 0.5) is 0 Å². The lowest BCUT2D eigenvalue weighted by Crippen LogP contribution is -2.40. The average molecular weight is 1500 g/mol. The topological polar surface area (TPSA) is 257 Å². The van der Waals surface area contributed by atoms with Gasteiger partial charge in [-0.15, -0.1) is 23.2 Å². The summed E-state index contributed by atoms with van der Waals surface area (Å²) in [5.41, 5.74) is 0.649. The van der Waals surface area contributed by atoms with Gasteiger partial charge in [-0.25, -0.2) is 19.2 Å². The molecule has 7 aromatic carbocycles. The number of aliphatic carboxylic acids is 3. The number of carbonyl (C=O) groups excluding carboxylic acids is 4. The van der Waals surface area contributed by atoms with E-state index in [9.17, 15) is 33.6 Å². The maximum absolute atomic E-state index is 12.4. The summed E-state index contributed by atoms with van der Waals surface area (Å²) in [6.07, 6.45) is 2.55. The number of hydrogen-bond acceptors (Lipinski definition) is 14. The number of halogens is 5. The molecule has 1 unspecified atom stereocenters. The summed E-state index contributed by atoms with van der Waals surface area (Å²) >= 11 is 29.4. The molecule has 7 aromatic rings. The summed E-state index contributed by atoms with van der Waals surface area (Å²) < 4.78 is 37.3. The number of carboxylic acid groups (broad SMARTS) is 3. The summed E-state index contributed by atoms with van der Waals surface area (Å²) in [4.78, 5) is 81.0. The Balaban J connectivity index is 0.000000273. The molecule has 18 nitrogen and oxygen atoms in total. The van der Waals surface area contributed by atoms with Crippen LogP contribution in [0.5, 0.6) is 28.7 Å². The molecule has 102 heavy (non-hydrogen) atoms. The average Bonchev–Trinajstić information content (AvgIpc) is 1.61. The summed E-state index contributed by atoms with van der Waals surface area (Å²) in [6.45, 7) is 26.9. The molecule has 1 atom stereocenters. The van der Waals surface area contributed by atoms with E-state index in [0.717, 1.165) is 35.3 Å². The minimum atomic E-state index is -1.28. The number of amides is 1. The predicted molar refractivity (Wildman–Crippen MR) is 399 cm³/mol. The SMILES string of the molecule is CC(C)(Oc1ccc(C2CC2(Cl)Cl)cc1)C(=O)O.CC(C)(Oc1ccc(CCNC(=O)c2ccc(Cl)cc2)cc1)C(=O)O.CC(C)OC(=O)C(C)(C)Oc1ccc(C(=O)c2ccc(Cl)cc2)cc1.CCOC(=O)C(C)(C)Oc1ccc(Cl)cc1.Cc1ccc(C)c(OCCCC(C)(C)C(=O)O)c1. The van der Waals surface area contributed by atoms with Crippen molar-refractivity contribution in [3.63, 3.8) is 0 Å². The zero-order valence-corrected chi connectivity index (χ0v) is 63.9. The number of benzene rings is 7. The number of carbonyl (C=O) groups is 7. The van der Waals surface area contributed by atoms with Crippen molar-refractivity contribution < 1.29 is 82.0 Å². The van der Waals surface area contributed by atoms with Gasteiger partial charge in [-0.3, -0.25) is 14.4 Å². The molecule has 0 radical (unpaired) electrons. The van der Waals surface area contributed by atoms with Gasteiger partial charge in [0.2, 0.25) is 0 Å². The Morgan fingerprint density at radius 1 is 0.529 bits per heavy atom. The fourth-order valence-corrected chi connectivity index (χ4v) is 9.65. The number of aryl methyl sites for hydroxylation is 2. The van der Waals surface area contributed by atoms with Crippen molar-refractivity contribution in [3.8, 4) is 28.7 Å². The van der Waals surface area contributed by atoms with Crippen LogP contribution in [-0.2, 0) is 39.9 Å². The molecule has 0 saturated heterocycles. The van der Waals surface area contributed by atoms with Crippen LogP contribution in [0.2, 0.25) is 15.1 Å². The zero-order chi connectivity index (χ0) is 76.6. The van der Waals surface area contributed by atoms with Crippen LogP contribution in [-0.4, -0.2) is 109 Å². The standard InChI is InChI=1S/C20H21ClO4.C19H20ClNO4.C15H22O3.C13H14Cl2O3.C12H15ClO3/c1-13(2)24-19(23)20(3,4)25-17-11-7-15(8-12-17)18(22)14-5-9-16(21)10-6-14;1-19(2,18(23)24)25-16-9-3-13(4-10-16)11-12-21-17(22)14-5-7-15(20)8-6-14;1-11-6-7-12(2)13(10-11)18-9-5-8-15(3,4)14(16)17;1-12(2,11(16)17)18-9-5-3-8(4-6-9)10-7-13(10,14)15;1-4-15-11(14)12(2,3)16-10-7-5-9(13)6-8-10/h5-13H,1-4H3;3-10H,11-12H2,1-2H3,(H,21,22)(H,23,24);6-7,10H,5,8-9H2,1-4H3,(H,16,17);3-6,10H,7H2,1-2H3,(H,16,17);5-8H,4H2,1-3H3. The monoisotopic (exact) mass is 1500 g/mol. The molecule has 0 bridgehead atoms. The van der Waals surface area contributed by atoms with Crippen molar-refractivity contribution in [2.24, 2.45) is 5.41 Å². The van der Waals surface area contributed by atoms with Gasteiger partial charge in [-0.2, -0.15) is 0 Å².